The van der Waals surface area contributed by atoms with Crippen LogP contribution in [0.5, 0.6) is 5.75 Å². The summed E-state index contributed by atoms with van der Waals surface area (Å²) in [5, 5.41) is 22.0. The van der Waals surface area contributed by atoms with Crippen LogP contribution in [0.15, 0.2) is 30.3 Å². The molecule has 1 aromatic heterocycles. The molecule has 3 heterocycles. The molecule has 22 heavy (non-hydrogen) atoms. The van der Waals surface area contributed by atoms with Crippen LogP contribution in [0.2, 0.25) is 0 Å². The first-order chi connectivity index (χ1) is 10.7. The molecule has 0 aliphatic carbocycles. The summed E-state index contributed by atoms with van der Waals surface area (Å²) in [5.74, 6) is 1.07. The fraction of sp³-hybridized carbons (Fsp3) is 0.375. The number of aromatic hydroxyl groups is 1. The fourth-order valence-corrected chi connectivity index (χ4v) is 3.27. The number of rotatable bonds is 1. The van der Waals surface area contributed by atoms with Crippen molar-refractivity contribution in [3.8, 4) is 17.0 Å². The molecule has 6 heteroatoms. The van der Waals surface area contributed by atoms with Crippen LogP contribution in [0.3, 0.4) is 0 Å². The average molecular weight is 297 g/mol. The molecule has 1 atom stereocenters. The van der Waals surface area contributed by atoms with Crippen molar-refractivity contribution in [1.82, 2.24) is 15.1 Å². The van der Waals surface area contributed by atoms with Gasteiger partial charge in [-0.05, 0) is 25.2 Å². The number of benzene rings is 1. The predicted molar refractivity (Wildman–Crippen MR) is 86.3 cm³/mol. The number of nitrogens with one attached hydrogen (secondary N) is 1. The van der Waals surface area contributed by atoms with Gasteiger partial charge < -0.3 is 20.2 Å². The smallest absolute Gasteiger partial charge is 0.172 e. The van der Waals surface area contributed by atoms with Crippen LogP contribution in [0.25, 0.3) is 11.3 Å². The molecule has 1 saturated heterocycles. The first-order valence-corrected chi connectivity index (χ1v) is 7.57. The average Bonchev–Trinajstić information content (AvgIpc) is 2.54. The minimum absolute atomic E-state index is 0.232. The fourth-order valence-electron chi connectivity index (χ4n) is 3.27. The molecule has 114 valence electrons. The largest absolute Gasteiger partial charge is 0.507 e. The Hall–Kier alpha value is -2.34. The van der Waals surface area contributed by atoms with Crippen molar-refractivity contribution < 1.29 is 5.11 Å². The summed E-state index contributed by atoms with van der Waals surface area (Å²) in [4.78, 5) is 4.76. The van der Waals surface area contributed by atoms with Crippen LogP contribution in [0.1, 0.15) is 0 Å². The summed E-state index contributed by atoms with van der Waals surface area (Å²) in [5.41, 5.74) is 2.50. The van der Waals surface area contributed by atoms with Crippen LogP contribution in [-0.4, -0.2) is 59.5 Å². The van der Waals surface area contributed by atoms with Crippen LogP contribution >= 0.6 is 0 Å². The molecule has 0 radical (unpaired) electrons. The van der Waals surface area contributed by atoms with Crippen LogP contribution in [0.4, 0.5) is 11.5 Å². The monoisotopic (exact) mass is 297 g/mol. The lowest BCUT2D eigenvalue weighted by atomic mass is 10.1. The van der Waals surface area contributed by atoms with Crippen LogP contribution in [-0.2, 0) is 0 Å². The second-order valence-electron chi connectivity index (χ2n) is 5.97. The third-order valence-corrected chi connectivity index (χ3v) is 4.45. The van der Waals surface area contributed by atoms with Gasteiger partial charge in [-0.3, -0.25) is 0 Å². The second-order valence-corrected chi connectivity index (χ2v) is 5.97. The zero-order chi connectivity index (χ0) is 15.1. The number of aromatic nitrogens is 2. The van der Waals surface area contributed by atoms with Crippen LogP contribution < -0.4 is 10.2 Å². The minimum Gasteiger partial charge on any atom is -0.507 e. The van der Waals surface area contributed by atoms with E-state index in [1.165, 1.54) is 0 Å². The van der Waals surface area contributed by atoms with Crippen molar-refractivity contribution >= 4 is 11.5 Å². The molecule has 2 aliphatic rings. The van der Waals surface area contributed by atoms with E-state index < -0.39 is 0 Å². The summed E-state index contributed by atoms with van der Waals surface area (Å²) >= 11 is 0. The summed E-state index contributed by atoms with van der Waals surface area (Å²) in [6, 6.07) is 9.72. The number of piperazine rings is 1. The van der Waals surface area contributed by atoms with Gasteiger partial charge in [0, 0.05) is 31.7 Å². The van der Waals surface area contributed by atoms with Crippen molar-refractivity contribution in [2.75, 3.05) is 43.4 Å². The Morgan fingerprint density at radius 2 is 2.09 bits per heavy atom. The number of likely N-dealkylation sites (N-methyl/N-ethyl adjacent to an activating group) is 1. The molecule has 1 fully saturated rings. The molecule has 0 amide bonds. The van der Waals surface area contributed by atoms with E-state index in [4.69, 9.17) is 0 Å². The zero-order valence-electron chi connectivity index (χ0n) is 12.5. The molecular weight excluding hydrogens is 278 g/mol. The third kappa shape index (κ3) is 2.16. The maximum Gasteiger partial charge on any atom is 0.172 e. The van der Waals surface area contributed by atoms with Gasteiger partial charge in [0.1, 0.15) is 5.75 Å². The maximum atomic E-state index is 10.0. The normalized spacial score (nSPS) is 21.0. The van der Waals surface area contributed by atoms with Gasteiger partial charge in [-0.25, -0.2) is 0 Å². The lowest BCUT2D eigenvalue weighted by Gasteiger charge is -2.44. The van der Waals surface area contributed by atoms with Crippen molar-refractivity contribution in [1.29, 1.82) is 0 Å². The quantitative estimate of drug-likeness (QED) is 0.829. The van der Waals surface area contributed by atoms with E-state index >= 15 is 0 Å². The molecule has 1 aromatic carbocycles. The van der Waals surface area contributed by atoms with Gasteiger partial charge in [0.15, 0.2) is 5.82 Å². The third-order valence-electron chi connectivity index (χ3n) is 4.45. The van der Waals surface area contributed by atoms with E-state index in [1.54, 1.807) is 6.07 Å². The predicted octanol–water partition coefficient (Wildman–Crippen LogP) is 1.40. The second kappa shape index (κ2) is 5.14. The number of para-hydroxylation sites is 1. The Morgan fingerprint density at radius 3 is 2.95 bits per heavy atom. The Labute approximate surface area is 129 Å². The first kappa shape index (κ1) is 13.3. The molecule has 0 bridgehead atoms. The number of hydrogen-bond donors (Lipinski definition) is 2. The van der Waals surface area contributed by atoms with E-state index in [1.807, 2.05) is 24.3 Å². The van der Waals surface area contributed by atoms with E-state index in [2.05, 4.69) is 32.4 Å². The Balaban J connectivity index is 1.75. The molecule has 0 spiro atoms. The topological polar surface area (TPSA) is 64.5 Å². The Morgan fingerprint density at radius 1 is 1.23 bits per heavy atom. The van der Waals surface area contributed by atoms with E-state index in [9.17, 15) is 5.11 Å². The number of hydrogen-bond acceptors (Lipinski definition) is 6. The Bertz CT molecular complexity index is 705. The van der Waals surface area contributed by atoms with Crippen molar-refractivity contribution in [2.24, 2.45) is 0 Å². The number of fused-ring (bicyclic) bond motifs is 3. The van der Waals surface area contributed by atoms with Gasteiger partial charge in [-0.2, -0.15) is 0 Å². The highest BCUT2D eigenvalue weighted by Gasteiger charge is 2.31. The van der Waals surface area contributed by atoms with Gasteiger partial charge in [0.05, 0.1) is 17.4 Å². The lowest BCUT2D eigenvalue weighted by Crippen LogP contribution is -2.56. The molecule has 2 aliphatic heterocycles. The molecule has 6 nitrogen and oxygen atoms in total. The highest BCUT2D eigenvalue weighted by Crippen LogP contribution is 2.35. The molecule has 0 saturated carbocycles. The summed E-state index contributed by atoms with van der Waals surface area (Å²) in [7, 11) is 2.16. The van der Waals surface area contributed by atoms with E-state index in [0.717, 1.165) is 37.7 Å². The number of anilines is 2. The summed E-state index contributed by atoms with van der Waals surface area (Å²) < 4.78 is 0. The van der Waals surface area contributed by atoms with Crippen LogP contribution in [0, 0.1) is 0 Å². The van der Waals surface area contributed by atoms with E-state index in [-0.39, 0.29) is 5.75 Å². The van der Waals surface area contributed by atoms with Gasteiger partial charge in [0.2, 0.25) is 0 Å². The SMILES string of the molecule is CN1CCN2c3cc(-c4ccccc4O)nnc3NCC2C1. The molecule has 2 aromatic rings. The zero-order valence-corrected chi connectivity index (χ0v) is 12.5. The first-order valence-electron chi connectivity index (χ1n) is 7.57. The van der Waals surface area contributed by atoms with E-state index in [0.29, 0.717) is 17.3 Å². The number of phenols is 1. The number of nitrogens with zero attached hydrogens (tertiary/aromatic N) is 4. The summed E-state index contributed by atoms with van der Waals surface area (Å²) in [6.07, 6.45) is 0. The standard InChI is InChI=1S/C16H19N5O/c1-20-6-7-21-11(10-20)9-17-16-14(21)8-13(18-19-16)12-4-2-3-5-15(12)22/h2-5,8,11,22H,6-7,9-10H2,1H3,(H,17,19). The molecule has 1 unspecified atom stereocenters. The van der Waals surface area contributed by atoms with Crippen molar-refractivity contribution in [2.45, 2.75) is 6.04 Å². The van der Waals surface area contributed by atoms with Crippen molar-refractivity contribution in [3.05, 3.63) is 30.3 Å². The Kier molecular flexibility index (Phi) is 3.11. The lowest BCUT2D eigenvalue weighted by molar-refractivity contribution is 0.269. The van der Waals surface area contributed by atoms with Gasteiger partial charge in [-0.15, -0.1) is 10.2 Å². The maximum absolute atomic E-state index is 10.0. The molecule has 2 N–H and O–H groups in total. The minimum atomic E-state index is 0.232. The van der Waals surface area contributed by atoms with Gasteiger partial charge >= 0.3 is 0 Å². The van der Waals surface area contributed by atoms with Gasteiger partial charge in [-0.1, -0.05) is 12.1 Å². The van der Waals surface area contributed by atoms with Crippen molar-refractivity contribution in [3.63, 3.8) is 0 Å². The highest BCUT2D eigenvalue weighted by molar-refractivity contribution is 5.76. The molecular formula is C16H19N5O. The number of phenolic OH excluding ortho intramolecular Hbond substituents is 1. The van der Waals surface area contributed by atoms with Gasteiger partial charge in [0.25, 0.3) is 0 Å². The highest BCUT2D eigenvalue weighted by atomic mass is 16.3. The summed E-state index contributed by atoms with van der Waals surface area (Å²) in [6.45, 7) is 3.97. The molecule has 4 rings (SSSR count).